The SMILES string of the molecule is Cc1cc(=O)c2c(O)c3c(O)c(CNCCN(C)C)c(=O)c4c3c3c(cc(O)c1c23)C(C)(C)C=4O. The second-order valence-corrected chi connectivity index (χ2v) is 10.2. The molecule has 0 bridgehead atoms. The van der Waals surface area contributed by atoms with E-state index in [9.17, 15) is 30.0 Å². The molecule has 0 fully saturated rings. The molecule has 4 aromatic carbocycles. The summed E-state index contributed by atoms with van der Waals surface area (Å²) in [5.74, 6) is -1.20. The van der Waals surface area contributed by atoms with Gasteiger partial charge in [-0.15, -0.1) is 0 Å². The van der Waals surface area contributed by atoms with E-state index in [1.165, 1.54) is 12.1 Å². The zero-order valence-corrected chi connectivity index (χ0v) is 20.3. The summed E-state index contributed by atoms with van der Waals surface area (Å²) < 4.78 is 0. The van der Waals surface area contributed by atoms with Gasteiger partial charge < -0.3 is 30.6 Å². The predicted octanol–water partition coefficient (Wildman–Crippen LogP) is 2.06. The maximum absolute atomic E-state index is 13.7. The molecule has 0 unspecified atom stereocenters. The smallest absolute Gasteiger partial charge is 0.198 e. The fraction of sp³-hybridized carbons (Fsp3) is 0.333. The second-order valence-electron chi connectivity index (χ2n) is 10.2. The Balaban J connectivity index is 2.04. The molecule has 0 aliphatic heterocycles. The Labute approximate surface area is 200 Å². The van der Waals surface area contributed by atoms with Gasteiger partial charge >= 0.3 is 0 Å². The van der Waals surface area contributed by atoms with Crippen LogP contribution in [0.4, 0.5) is 0 Å². The maximum atomic E-state index is 13.7. The van der Waals surface area contributed by atoms with Gasteiger partial charge in [0.1, 0.15) is 23.0 Å². The Morgan fingerprint density at radius 1 is 0.886 bits per heavy atom. The highest BCUT2D eigenvalue weighted by molar-refractivity contribution is 6.29. The van der Waals surface area contributed by atoms with Crippen LogP contribution in [0.3, 0.4) is 0 Å². The summed E-state index contributed by atoms with van der Waals surface area (Å²) in [5, 5.41) is 49.3. The minimum Gasteiger partial charge on any atom is -0.511 e. The van der Waals surface area contributed by atoms with Gasteiger partial charge in [-0.05, 0) is 63.5 Å². The molecule has 8 heteroatoms. The lowest BCUT2D eigenvalue weighted by molar-refractivity contribution is 0.397. The number of nitrogens with one attached hydrogen (secondary N) is 1. The van der Waals surface area contributed by atoms with E-state index in [-0.39, 0.29) is 45.0 Å². The van der Waals surface area contributed by atoms with Gasteiger partial charge in [-0.3, -0.25) is 9.59 Å². The summed E-state index contributed by atoms with van der Waals surface area (Å²) in [5.41, 5.74) is -1.04. The number of aliphatic hydroxyl groups excluding tert-OH is 1. The third-order valence-corrected chi connectivity index (χ3v) is 7.33. The standard InChI is InChI=1S/C27H28N2O6/c1-11-8-14(30)18-19-16(11)15(31)9-13-17(19)20-21(25(18)34)23(32)12(10-28-6-7-29(4)5)24(33)22(20)26(35)27(13,2)3/h8-9,28,31-32,34-35H,6-7,10H2,1-5H3. The Morgan fingerprint density at radius 2 is 1.57 bits per heavy atom. The molecule has 5 rings (SSSR count). The van der Waals surface area contributed by atoms with E-state index in [0.29, 0.717) is 40.4 Å². The summed E-state index contributed by atoms with van der Waals surface area (Å²) in [4.78, 5) is 28.8. The van der Waals surface area contributed by atoms with Gasteiger partial charge in [-0.1, -0.05) is 0 Å². The van der Waals surface area contributed by atoms with Gasteiger partial charge in [0.25, 0.3) is 0 Å². The largest absolute Gasteiger partial charge is 0.511 e. The molecule has 0 saturated heterocycles. The van der Waals surface area contributed by atoms with Crippen LogP contribution in [0.25, 0.3) is 38.1 Å². The first-order valence-corrected chi connectivity index (χ1v) is 11.5. The number of benzene rings is 4. The lowest BCUT2D eigenvalue weighted by Crippen LogP contribution is -2.40. The number of rotatable bonds is 5. The fourth-order valence-corrected chi connectivity index (χ4v) is 5.49. The van der Waals surface area contributed by atoms with Crippen molar-refractivity contribution in [2.24, 2.45) is 0 Å². The van der Waals surface area contributed by atoms with Crippen LogP contribution in [0.1, 0.15) is 30.5 Å². The number of aliphatic hydroxyl groups is 1. The van der Waals surface area contributed by atoms with Gasteiger partial charge in [0, 0.05) is 41.2 Å². The summed E-state index contributed by atoms with van der Waals surface area (Å²) in [6, 6.07) is 2.87. The number of aryl methyl sites for hydroxylation is 1. The Morgan fingerprint density at radius 3 is 2.23 bits per heavy atom. The molecule has 0 spiro atoms. The van der Waals surface area contributed by atoms with Crippen LogP contribution in [0.15, 0.2) is 21.7 Å². The van der Waals surface area contributed by atoms with Crippen molar-refractivity contribution in [2.45, 2.75) is 32.7 Å². The van der Waals surface area contributed by atoms with Crippen molar-refractivity contribution in [3.05, 3.63) is 54.5 Å². The van der Waals surface area contributed by atoms with E-state index in [1.807, 2.05) is 19.0 Å². The molecule has 0 saturated carbocycles. The van der Waals surface area contributed by atoms with Gasteiger partial charge in [0.05, 0.1) is 21.6 Å². The minimum absolute atomic E-state index is 0.00199. The minimum atomic E-state index is -1.08. The van der Waals surface area contributed by atoms with E-state index in [0.717, 1.165) is 0 Å². The summed E-state index contributed by atoms with van der Waals surface area (Å²) >= 11 is 0. The summed E-state index contributed by atoms with van der Waals surface area (Å²) in [7, 11) is 3.83. The van der Waals surface area contributed by atoms with Crippen LogP contribution in [0.2, 0.25) is 0 Å². The van der Waals surface area contributed by atoms with Crippen molar-refractivity contribution >= 4 is 38.1 Å². The van der Waals surface area contributed by atoms with Crippen LogP contribution in [-0.2, 0) is 12.0 Å². The quantitative estimate of drug-likeness (QED) is 0.168. The van der Waals surface area contributed by atoms with Gasteiger partial charge in [-0.25, -0.2) is 0 Å². The van der Waals surface area contributed by atoms with Crippen molar-refractivity contribution in [1.82, 2.24) is 10.2 Å². The molecule has 5 N–H and O–H groups in total. The van der Waals surface area contributed by atoms with Crippen molar-refractivity contribution in [3.8, 4) is 17.2 Å². The van der Waals surface area contributed by atoms with Crippen LogP contribution in [0, 0.1) is 6.92 Å². The highest BCUT2D eigenvalue weighted by Gasteiger charge is 2.38. The first-order valence-electron chi connectivity index (χ1n) is 11.5. The zero-order valence-electron chi connectivity index (χ0n) is 20.3. The number of phenolic OH excluding ortho intramolecular Hbond substituents is 3. The Hall–Kier alpha value is -3.62. The molecule has 35 heavy (non-hydrogen) atoms. The van der Waals surface area contributed by atoms with Gasteiger partial charge in [0.2, 0.25) is 0 Å². The highest BCUT2D eigenvalue weighted by Crippen LogP contribution is 2.51. The van der Waals surface area contributed by atoms with Crippen molar-refractivity contribution in [1.29, 1.82) is 0 Å². The van der Waals surface area contributed by atoms with Crippen LogP contribution >= 0.6 is 0 Å². The first kappa shape index (κ1) is 23.1. The van der Waals surface area contributed by atoms with Gasteiger partial charge in [0.15, 0.2) is 10.9 Å². The van der Waals surface area contributed by atoms with E-state index in [4.69, 9.17) is 0 Å². The molecule has 0 radical (unpaired) electrons. The van der Waals surface area contributed by atoms with Crippen molar-refractivity contribution < 1.29 is 20.4 Å². The van der Waals surface area contributed by atoms with Crippen LogP contribution in [0.5, 0.6) is 17.2 Å². The third kappa shape index (κ3) is 2.93. The molecule has 1 aliphatic carbocycles. The normalized spacial score (nSPS) is 14.9. The molecular weight excluding hydrogens is 448 g/mol. The number of likely N-dealkylation sites (N-methyl/N-ethyl adjacent to an activating group) is 1. The lowest BCUT2D eigenvalue weighted by atomic mass is 9.72. The number of aromatic hydroxyl groups is 3. The average molecular weight is 477 g/mol. The number of hydrogen-bond acceptors (Lipinski definition) is 8. The van der Waals surface area contributed by atoms with Gasteiger partial charge in [-0.2, -0.15) is 0 Å². The molecule has 0 aromatic heterocycles. The summed E-state index contributed by atoms with van der Waals surface area (Å²) in [6.45, 7) is 6.42. The van der Waals surface area contributed by atoms with Crippen LogP contribution < -0.4 is 21.4 Å². The molecular formula is C27H28N2O6. The highest BCUT2D eigenvalue weighted by atomic mass is 16.3. The molecule has 4 aromatic rings. The number of nitrogens with zero attached hydrogens (tertiary/aromatic N) is 1. The van der Waals surface area contributed by atoms with E-state index < -0.39 is 27.8 Å². The monoisotopic (exact) mass is 476 g/mol. The van der Waals surface area contributed by atoms with Crippen molar-refractivity contribution in [3.63, 3.8) is 0 Å². The number of hydrogen-bond donors (Lipinski definition) is 5. The topological polar surface area (TPSA) is 130 Å². The molecule has 0 atom stereocenters. The van der Waals surface area contributed by atoms with E-state index in [2.05, 4.69) is 5.32 Å². The molecule has 1 aliphatic rings. The van der Waals surface area contributed by atoms with E-state index >= 15 is 0 Å². The van der Waals surface area contributed by atoms with E-state index in [1.54, 1.807) is 20.8 Å². The summed E-state index contributed by atoms with van der Waals surface area (Å²) in [6.07, 6.45) is 0. The molecule has 0 heterocycles. The average Bonchev–Trinajstić information content (AvgIpc) is 2.75. The predicted molar refractivity (Wildman–Crippen MR) is 137 cm³/mol. The van der Waals surface area contributed by atoms with Crippen LogP contribution in [-0.4, -0.2) is 52.5 Å². The lowest BCUT2D eigenvalue weighted by Gasteiger charge is -2.32. The molecule has 0 amide bonds. The Bertz CT molecular complexity index is 1740. The Kier molecular flexibility index (Phi) is 4.92. The molecule has 8 nitrogen and oxygen atoms in total. The fourth-order valence-electron chi connectivity index (χ4n) is 5.49. The maximum Gasteiger partial charge on any atom is 0.198 e. The van der Waals surface area contributed by atoms with Crippen molar-refractivity contribution in [2.75, 3.05) is 27.2 Å². The second kappa shape index (κ2) is 7.44. The first-order chi connectivity index (χ1) is 16.4. The molecule has 182 valence electrons. The number of phenols is 3. The third-order valence-electron chi connectivity index (χ3n) is 7.33. The zero-order chi connectivity index (χ0) is 25.6.